The zero-order chi connectivity index (χ0) is 11.6. The number of primary amides is 1. The van der Waals surface area contributed by atoms with E-state index in [-0.39, 0.29) is 17.5 Å². The molecular weight excluding hydrogens is 192 g/mol. The van der Waals surface area contributed by atoms with Gasteiger partial charge in [0.1, 0.15) is 6.04 Å². The number of aromatic nitrogens is 2. The molecule has 0 aromatic carbocycles. The zero-order valence-corrected chi connectivity index (χ0v) is 9.61. The lowest BCUT2D eigenvalue weighted by atomic mass is 10.0. The van der Waals surface area contributed by atoms with Gasteiger partial charge in [0, 0.05) is 0 Å². The number of nitrogens with one attached hydrogen (secondary N) is 1. The number of nitrogens with zero attached hydrogens (tertiary/aromatic N) is 2. The summed E-state index contributed by atoms with van der Waals surface area (Å²) in [5, 5.41) is 3.16. The number of rotatable bonds is 4. The molecule has 5 nitrogen and oxygen atoms in total. The van der Waals surface area contributed by atoms with Crippen LogP contribution in [0.2, 0.25) is 0 Å². The molecule has 0 aliphatic carbocycles. The van der Waals surface area contributed by atoms with Gasteiger partial charge in [-0.2, -0.15) is 0 Å². The third-order valence-corrected chi connectivity index (χ3v) is 2.76. The number of imidazole rings is 1. The molecule has 0 saturated heterocycles. The Hall–Kier alpha value is -1.36. The summed E-state index contributed by atoms with van der Waals surface area (Å²) in [5.41, 5.74) is 5.98. The third-order valence-electron chi connectivity index (χ3n) is 2.76. The van der Waals surface area contributed by atoms with Gasteiger partial charge in [-0.3, -0.25) is 4.79 Å². The van der Waals surface area contributed by atoms with Crippen LogP contribution in [0.5, 0.6) is 0 Å². The van der Waals surface area contributed by atoms with Crippen LogP contribution in [0.15, 0.2) is 12.5 Å². The van der Waals surface area contributed by atoms with Gasteiger partial charge in [0.25, 0.3) is 0 Å². The molecule has 3 N–H and O–H groups in total. The van der Waals surface area contributed by atoms with Crippen LogP contribution in [-0.2, 0) is 10.3 Å². The minimum absolute atomic E-state index is 0.236. The fourth-order valence-corrected chi connectivity index (χ4v) is 1.36. The Labute approximate surface area is 89.7 Å². The van der Waals surface area contributed by atoms with Crippen molar-refractivity contribution in [2.24, 2.45) is 5.73 Å². The van der Waals surface area contributed by atoms with E-state index in [4.69, 9.17) is 5.73 Å². The van der Waals surface area contributed by atoms with E-state index in [1.807, 2.05) is 20.9 Å². The zero-order valence-electron chi connectivity index (χ0n) is 9.61. The van der Waals surface area contributed by atoms with Crippen LogP contribution in [0.25, 0.3) is 0 Å². The summed E-state index contributed by atoms with van der Waals surface area (Å²) in [6, 6.07) is -0.380. The molecule has 0 bridgehead atoms. The lowest BCUT2D eigenvalue weighted by Crippen LogP contribution is -2.37. The molecular formula is C10H18N4O. The van der Waals surface area contributed by atoms with Gasteiger partial charge in [-0.25, -0.2) is 4.98 Å². The summed E-state index contributed by atoms with van der Waals surface area (Å²) in [6.07, 6.45) is 3.37. The number of hydrogen-bond donors (Lipinski definition) is 2. The van der Waals surface area contributed by atoms with Crippen LogP contribution in [0.3, 0.4) is 0 Å². The number of carbonyl (C=O) groups excluding carboxylic acids is 1. The average molecular weight is 210 g/mol. The van der Waals surface area contributed by atoms with Crippen LogP contribution in [0.1, 0.15) is 32.5 Å². The molecule has 0 saturated carbocycles. The Bertz CT molecular complexity index is 356. The second kappa shape index (κ2) is 4.02. The van der Waals surface area contributed by atoms with Gasteiger partial charge >= 0.3 is 0 Å². The van der Waals surface area contributed by atoms with Crippen LogP contribution >= 0.6 is 0 Å². The van der Waals surface area contributed by atoms with Gasteiger partial charge in [0.2, 0.25) is 5.91 Å². The third kappa shape index (κ3) is 2.18. The molecule has 0 aliphatic rings. The van der Waals surface area contributed by atoms with Crippen molar-refractivity contribution in [1.82, 2.24) is 14.9 Å². The first kappa shape index (κ1) is 11.7. The van der Waals surface area contributed by atoms with Crippen molar-refractivity contribution in [1.29, 1.82) is 0 Å². The summed E-state index contributed by atoms with van der Waals surface area (Å²) in [7, 11) is 1.87. The molecule has 84 valence electrons. The number of nitrogens with two attached hydrogens (primary N) is 1. The van der Waals surface area contributed by atoms with Crippen LogP contribution in [-0.4, -0.2) is 22.5 Å². The van der Waals surface area contributed by atoms with E-state index < -0.39 is 0 Å². The van der Waals surface area contributed by atoms with E-state index in [1.165, 1.54) is 0 Å². The molecule has 0 aliphatic heterocycles. The van der Waals surface area contributed by atoms with Gasteiger partial charge < -0.3 is 15.6 Å². The van der Waals surface area contributed by atoms with Crippen molar-refractivity contribution in [2.75, 3.05) is 7.05 Å². The van der Waals surface area contributed by atoms with Crippen molar-refractivity contribution in [3.05, 3.63) is 18.2 Å². The van der Waals surface area contributed by atoms with E-state index in [9.17, 15) is 4.79 Å². The molecule has 1 amide bonds. The van der Waals surface area contributed by atoms with Gasteiger partial charge in [0.05, 0.1) is 23.8 Å². The van der Waals surface area contributed by atoms with E-state index in [1.54, 1.807) is 24.0 Å². The first-order chi connectivity index (χ1) is 6.90. The number of hydrogen-bond acceptors (Lipinski definition) is 3. The van der Waals surface area contributed by atoms with Crippen molar-refractivity contribution in [2.45, 2.75) is 32.4 Å². The number of carbonyl (C=O) groups is 1. The summed E-state index contributed by atoms with van der Waals surface area (Å²) < 4.78 is 1.79. The van der Waals surface area contributed by atoms with Crippen LogP contribution in [0.4, 0.5) is 0 Å². The quantitative estimate of drug-likeness (QED) is 0.754. The highest BCUT2D eigenvalue weighted by Crippen LogP contribution is 2.21. The fourth-order valence-electron chi connectivity index (χ4n) is 1.36. The van der Waals surface area contributed by atoms with Crippen LogP contribution in [0, 0.1) is 0 Å². The standard InChI is InChI=1S/C10H18N4O/c1-7(9(11)15)14-6-13-5-8(14)10(2,3)12-4/h5-7,12H,1-4H3,(H2,11,15). The maximum atomic E-state index is 11.1. The highest BCUT2D eigenvalue weighted by molar-refractivity contribution is 5.78. The first-order valence-corrected chi connectivity index (χ1v) is 4.90. The van der Waals surface area contributed by atoms with Crippen molar-refractivity contribution >= 4 is 5.91 Å². The second-order valence-corrected chi connectivity index (χ2v) is 4.14. The molecule has 1 unspecified atom stereocenters. The minimum Gasteiger partial charge on any atom is -0.368 e. The van der Waals surface area contributed by atoms with E-state index in [2.05, 4.69) is 10.3 Å². The minimum atomic E-state index is -0.380. The molecule has 15 heavy (non-hydrogen) atoms. The Kier molecular flexibility index (Phi) is 3.14. The van der Waals surface area contributed by atoms with Gasteiger partial charge in [-0.1, -0.05) is 0 Å². The summed E-state index contributed by atoms with van der Waals surface area (Å²) in [5.74, 6) is -0.360. The SMILES string of the molecule is CNC(C)(C)c1cncn1C(C)C(N)=O. The highest BCUT2D eigenvalue weighted by atomic mass is 16.1. The van der Waals surface area contributed by atoms with E-state index in [0.29, 0.717) is 0 Å². The van der Waals surface area contributed by atoms with E-state index in [0.717, 1.165) is 5.69 Å². The lowest BCUT2D eigenvalue weighted by Gasteiger charge is -2.27. The smallest absolute Gasteiger partial charge is 0.240 e. The van der Waals surface area contributed by atoms with Gasteiger partial charge in [-0.15, -0.1) is 0 Å². The van der Waals surface area contributed by atoms with Gasteiger partial charge in [0.15, 0.2) is 0 Å². The van der Waals surface area contributed by atoms with Crippen molar-refractivity contribution < 1.29 is 4.79 Å². The lowest BCUT2D eigenvalue weighted by molar-refractivity contribution is -0.120. The molecule has 1 rings (SSSR count). The Balaban J connectivity index is 3.12. The summed E-state index contributed by atoms with van der Waals surface area (Å²) in [6.45, 7) is 5.81. The maximum Gasteiger partial charge on any atom is 0.240 e. The average Bonchev–Trinajstić information content (AvgIpc) is 2.65. The molecule has 1 atom stereocenters. The Morgan fingerprint density at radius 3 is 2.73 bits per heavy atom. The summed E-state index contributed by atoms with van der Waals surface area (Å²) >= 11 is 0. The predicted molar refractivity (Wildman–Crippen MR) is 58.2 cm³/mol. The molecule has 5 heteroatoms. The Morgan fingerprint density at radius 2 is 2.27 bits per heavy atom. The molecule has 0 spiro atoms. The molecule has 1 heterocycles. The normalized spacial score (nSPS) is 13.9. The highest BCUT2D eigenvalue weighted by Gasteiger charge is 2.25. The van der Waals surface area contributed by atoms with Crippen LogP contribution < -0.4 is 11.1 Å². The van der Waals surface area contributed by atoms with Crippen molar-refractivity contribution in [3.8, 4) is 0 Å². The second-order valence-electron chi connectivity index (χ2n) is 4.14. The fraction of sp³-hybridized carbons (Fsp3) is 0.600. The first-order valence-electron chi connectivity index (χ1n) is 4.90. The van der Waals surface area contributed by atoms with Gasteiger partial charge in [-0.05, 0) is 27.8 Å². The molecule has 0 fully saturated rings. The molecule has 0 radical (unpaired) electrons. The maximum absolute atomic E-state index is 11.1. The largest absolute Gasteiger partial charge is 0.368 e. The molecule has 1 aromatic heterocycles. The monoisotopic (exact) mass is 210 g/mol. The van der Waals surface area contributed by atoms with Crippen molar-refractivity contribution in [3.63, 3.8) is 0 Å². The Morgan fingerprint density at radius 1 is 1.67 bits per heavy atom. The predicted octanol–water partition coefficient (Wildman–Crippen LogP) is 0.384. The topological polar surface area (TPSA) is 72.9 Å². The molecule has 1 aromatic rings. The van der Waals surface area contributed by atoms with E-state index >= 15 is 0 Å². The number of amides is 1. The summed E-state index contributed by atoms with van der Waals surface area (Å²) in [4.78, 5) is 15.2.